The van der Waals surface area contributed by atoms with E-state index in [1.807, 2.05) is 6.20 Å². The fraction of sp³-hybridized carbons (Fsp3) is 0.478. The van der Waals surface area contributed by atoms with E-state index in [9.17, 15) is 0 Å². The molecule has 5 rings (SSSR count). The Hall–Kier alpha value is -2.24. The van der Waals surface area contributed by atoms with Crippen LogP contribution in [0.2, 0.25) is 0 Å². The molecule has 0 radical (unpaired) electrons. The van der Waals surface area contributed by atoms with Crippen molar-refractivity contribution in [3.8, 4) is 0 Å². The van der Waals surface area contributed by atoms with E-state index in [1.54, 1.807) is 0 Å². The van der Waals surface area contributed by atoms with E-state index in [0.29, 0.717) is 12.0 Å². The lowest BCUT2D eigenvalue weighted by Gasteiger charge is -2.37. The predicted octanol–water partition coefficient (Wildman–Crippen LogP) is 3.84. The summed E-state index contributed by atoms with van der Waals surface area (Å²) in [5.74, 6) is 1.76. The molecule has 0 saturated carbocycles. The number of pyridine rings is 1. The van der Waals surface area contributed by atoms with Crippen molar-refractivity contribution < 1.29 is 0 Å². The van der Waals surface area contributed by atoms with Crippen LogP contribution in [0.3, 0.4) is 0 Å². The Morgan fingerprint density at radius 1 is 1.07 bits per heavy atom. The van der Waals surface area contributed by atoms with Gasteiger partial charge in [-0.05, 0) is 74.9 Å². The van der Waals surface area contributed by atoms with Crippen molar-refractivity contribution in [2.45, 2.75) is 44.7 Å². The number of hydrogen-bond donors (Lipinski definition) is 2. The van der Waals surface area contributed by atoms with Gasteiger partial charge in [-0.1, -0.05) is 18.2 Å². The van der Waals surface area contributed by atoms with Crippen LogP contribution in [0.25, 0.3) is 11.0 Å². The lowest BCUT2D eigenvalue weighted by molar-refractivity contribution is 0.126. The molecule has 1 aromatic carbocycles. The molecule has 1 aliphatic heterocycles. The second kappa shape index (κ2) is 8.02. The van der Waals surface area contributed by atoms with Gasteiger partial charge in [0.25, 0.3) is 0 Å². The summed E-state index contributed by atoms with van der Waals surface area (Å²) in [4.78, 5) is 15.9. The first-order valence-corrected chi connectivity index (χ1v) is 10.7. The molecule has 1 fully saturated rings. The average molecular weight is 376 g/mol. The van der Waals surface area contributed by atoms with E-state index in [0.717, 1.165) is 49.5 Å². The number of piperidine rings is 1. The molecule has 1 saturated heterocycles. The molecular formula is C23H29N5. The fourth-order valence-corrected chi connectivity index (χ4v) is 4.93. The molecule has 3 heterocycles. The number of aryl methyl sites for hydroxylation is 1. The number of para-hydroxylation sites is 2. The van der Waals surface area contributed by atoms with Gasteiger partial charge in [0.1, 0.15) is 5.82 Å². The monoisotopic (exact) mass is 375 g/mol. The third kappa shape index (κ3) is 3.69. The van der Waals surface area contributed by atoms with Crippen molar-refractivity contribution in [3.05, 3.63) is 59.7 Å². The second-order valence-corrected chi connectivity index (χ2v) is 8.30. The molecule has 0 amide bonds. The molecule has 2 unspecified atom stereocenters. The number of aromatic amines is 1. The highest BCUT2D eigenvalue weighted by Crippen LogP contribution is 2.34. The lowest BCUT2D eigenvalue weighted by Crippen LogP contribution is -2.40. The Labute approximate surface area is 166 Å². The van der Waals surface area contributed by atoms with Crippen molar-refractivity contribution >= 4 is 11.0 Å². The third-order valence-corrected chi connectivity index (χ3v) is 6.29. The van der Waals surface area contributed by atoms with Gasteiger partial charge in [-0.15, -0.1) is 0 Å². The molecule has 2 aliphatic rings. The van der Waals surface area contributed by atoms with E-state index in [2.05, 4.69) is 51.6 Å². The molecule has 3 aromatic rings. The summed E-state index contributed by atoms with van der Waals surface area (Å²) < 4.78 is 0. The van der Waals surface area contributed by atoms with E-state index in [1.165, 1.54) is 36.9 Å². The lowest BCUT2D eigenvalue weighted by atomic mass is 9.89. The molecule has 1 aliphatic carbocycles. The van der Waals surface area contributed by atoms with Crippen LogP contribution in [-0.4, -0.2) is 39.5 Å². The summed E-state index contributed by atoms with van der Waals surface area (Å²) in [5.41, 5.74) is 4.89. The van der Waals surface area contributed by atoms with E-state index < -0.39 is 0 Å². The van der Waals surface area contributed by atoms with Gasteiger partial charge in [0.05, 0.1) is 29.3 Å². The minimum absolute atomic E-state index is 0.389. The smallest absolute Gasteiger partial charge is 0.121 e. The molecule has 0 bridgehead atoms. The Balaban J connectivity index is 1.44. The highest BCUT2D eigenvalue weighted by atomic mass is 15.2. The van der Waals surface area contributed by atoms with Gasteiger partial charge in [0.15, 0.2) is 0 Å². The maximum Gasteiger partial charge on any atom is 0.121 e. The SMILES string of the molecule is c1cnc2c(c1)CCCC2N(Cc1nc2ccccc2[nH]1)CC1CCCNC1. The first kappa shape index (κ1) is 17.8. The van der Waals surface area contributed by atoms with Crippen LogP contribution in [-0.2, 0) is 13.0 Å². The van der Waals surface area contributed by atoms with Gasteiger partial charge >= 0.3 is 0 Å². The number of aromatic nitrogens is 3. The van der Waals surface area contributed by atoms with Crippen molar-refractivity contribution in [2.75, 3.05) is 19.6 Å². The Bertz CT molecular complexity index is 894. The van der Waals surface area contributed by atoms with Crippen LogP contribution >= 0.6 is 0 Å². The number of benzene rings is 1. The quantitative estimate of drug-likeness (QED) is 0.711. The van der Waals surface area contributed by atoms with E-state index in [4.69, 9.17) is 9.97 Å². The normalized spacial score (nSPS) is 22.5. The van der Waals surface area contributed by atoms with Crippen molar-refractivity contribution in [2.24, 2.45) is 5.92 Å². The maximum atomic E-state index is 4.86. The zero-order valence-corrected chi connectivity index (χ0v) is 16.4. The first-order valence-electron chi connectivity index (χ1n) is 10.7. The predicted molar refractivity (Wildman–Crippen MR) is 112 cm³/mol. The molecule has 2 atom stereocenters. The molecule has 5 heteroatoms. The maximum absolute atomic E-state index is 4.86. The van der Waals surface area contributed by atoms with Crippen LogP contribution in [0.5, 0.6) is 0 Å². The highest BCUT2D eigenvalue weighted by molar-refractivity contribution is 5.74. The molecule has 28 heavy (non-hydrogen) atoms. The molecular weight excluding hydrogens is 346 g/mol. The van der Waals surface area contributed by atoms with Gasteiger partial charge in [0.2, 0.25) is 0 Å². The number of nitrogens with zero attached hydrogens (tertiary/aromatic N) is 3. The van der Waals surface area contributed by atoms with Crippen LogP contribution < -0.4 is 5.32 Å². The standard InChI is InChI=1S/C23H29N5/c1-2-10-20-19(9-1)26-22(27-20)16-28(15-17-6-4-12-24-14-17)21-11-3-7-18-8-5-13-25-23(18)21/h1-2,5,8-10,13,17,21,24H,3-4,6-7,11-12,14-16H2,(H,26,27). The van der Waals surface area contributed by atoms with Crippen LogP contribution in [0.15, 0.2) is 42.6 Å². The zero-order valence-electron chi connectivity index (χ0n) is 16.4. The minimum atomic E-state index is 0.389. The summed E-state index contributed by atoms with van der Waals surface area (Å²) in [7, 11) is 0. The largest absolute Gasteiger partial charge is 0.341 e. The zero-order chi connectivity index (χ0) is 18.8. The third-order valence-electron chi connectivity index (χ3n) is 6.29. The number of nitrogens with one attached hydrogen (secondary N) is 2. The first-order chi connectivity index (χ1) is 13.9. The van der Waals surface area contributed by atoms with Gasteiger partial charge in [0, 0.05) is 12.7 Å². The summed E-state index contributed by atoms with van der Waals surface area (Å²) in [6.07, 6.45) is 8.13. The number of fused-ring (bicyclic) bond motifs is 2. The van der Waals surface area contributed by atoms with Crippen molar-refractivity contribution in [3.63, 3.8) is 0 Å². The number of hydrogen-bond acceptors (Lipinski definition) is 4. The van der Waals surface area contributed by atoms with Crippen LogP contribution in [0, 0.1) is 5.92 Å². The highest BCUT2D eigenvalue weighted by Gasteiger charge is 2.30. The summed E-state index contributed by atoms with van der Waals surface area (Å²) >= 11 is 0. The Kier molecular flexibility index (Phi) is 5.10. The Morgan fingerprint density at radius 3 is 2.93 bits per heavy atom. The van der Waals surface area contributed by atoms with Crippen molar-refractivity contribution in [1.29, 1.82) is 0 Å². The molecule has 2 N–H and O–H groups in total. The number of imidazole rings is 1. The topological polar surface area (TPSA) is 56.8 Å². The van der Waals surface area contributed by atoms with Gasteiger partial charge in [-0.25, -0.2) is 4.98 Å². The average Bonchev–Trinajstić information content (AvgIpc) is 3.16. The minimum Gasteiger partial charge on any atom is -0.341 e. The second-order valence-electron chi connectivity index (χ2n) is 8.30. The van der Waals surface area contributed by atoms with Gasteiger partial charge < -0.3 is 10.3 Å². The number of H-pyrrole nitrogens is 1. The van der Waals surface area contributed by atoms with Crippen LogP contribution in [0.4, 0.5) is 0 Å². The van der Waals surface area contributed by atoms with Crippen LogP contribution in [0.1, 0.15) is 48.8 Å². The summed E-state index contributed by atoms with van der Waals surface area (Å²) in [5, 5.41) is 3.58. The fourth-order valence-electron chi connectivity index (χ4n) is 4.93. The van der Waals surface area contributed by atoms with E-state index in [-0.39, 0.29) is 0 Å². The molecule has 2 aromatic heterocycles. The summed E-state index contributed by atoms with van der Waals surface area (Å²) in [6.45, 7) is 4.24. The van der Waals surface area contributed by atoms with Gasteiger partial charge in [-0.2, -0.15) is 0 Å². The van der Waals surface area contributed by atoms with E-state index >= 15 is 0 Å². The van der Waals surface area contributed by atoms with Gasteiger partial charge in [-0.3, -0.25) is 9.88 Å². The van der Waals surface area contributed by atoms with Crippen molar-refractivity contribution in [1.82, 2.24) is 25.2 Å². The Morgan fingerprint density at radius 2 is 2.04 bits per heavy atom. The number of rotatable bonds is 5. The molecule has 146 valence electrons. The summed E-state index contributed by atoms with van der Waals surface area (Å²) in [6, 6.07) is 13.0. The molecule has 5 nitrogen and oxygen atoms in total. The molecule has 0 spiro atoms.